The normalized spacial score (nSPS) is 10.1. The van der Waals surface area contributed by atoms with Gasteiger partial charge in [0.05, 0.1) is 0 Å². The average Bonchev–Trinajstić information content (AvgIpc) is 2.72. The van der Waals surface area contributed by atoms with Crippen LogP contribution < -0.4 is 17.6 Å². The Labute approximate surface area is 169 Å². The zero-order chi connectivity index (χ0) is 18.0. The quantitative estimate of drug-likeness (QED) is 0.419. The predicted octanol–water partition coefficient (Wildman–Crippen LogP) is 2.68. The third-order valence-electron chi connectivity index (χ3n) is 3.96. The zero-order valence-electron chi connectivity index (χ0n) is 14.5. The molecule has 26 heavy (non-hydrogen) atoms. The van der Waals surface area contributed by atoms with Crippen molar-refractivity contribution < 1.29 is 0 Å². The van der Waals surface area contributed by atoms with Crippen LogP contribution in [0.25, 0.3) is 0 Å². The van der Waals surface area contributed by atoms with E-state index in [1.165, 1.54) is 17.6 Å². The van der Waals surface area contributed by atoms with Crippen LogP contribution in [0.1, 0.15) is 0 Å². The maximum absolute atomic E-state index is 2.27. The van der Waals surface area contributed by atoms with Crippen molar-refractivity contribution in [2.45, 2.75) is 0 Å². The molecule has 4 aromatic rings. The van der Waals surface area contributed by atoms with Crippen LogP contribution in [-0.2, 0) is 0 Å². The maximum atomic E-state index is 2.27. The molecule has 0 fully saturated rings. The number of benzene rings is 4. The fourth-order valence-electron chi connectivity index (χ4n) is 2.75. The average molecular weight is 454 g/mol. The molecule has 0 aliphatic heterocycles. The Morgan fingerprint density at radius 3 is 0.885 bits per heavy atom. The summed E-state index contributed by atoms with van der Waals surface area (Å²) in [5.41, 5.74) is 0. The van der Waals surface area contributed by atoms with Gasteiger partial charge in [0, 0.05) is 0 Å². The van der Waals surface area contributed by atoms with E-state index in [1.54, 1.807) is 0 Å². The van der Waals surface area contributed by atoms with Crippen LogP contribution in [0.2, 0.25) is 0 Å². The molecule has 0 spiro atoms. The Kier molecular flexibility index (Phi) is 7.35. The van der Waals surface area contributed by atoms with Gasteiger partial charge in [0.25, 0.3) is 0 Å². The Morgan fingerprint density at radius 2 is 0.654 bits per heavy atom. The first-order chi connectivity index (χ1) is 12.8. The van der Waals surface area contributed by atoms with E-state index in [-0.39, 0.29) is 0 Å². The molecule has 0 atom stereocenters. The molecule has 0 nitrogen and oxygen atoms in total. The van der Waals surface area contributed by atoms with E-state index in [4.69, 9.17) is 0 Å². The molecular weight excluding hydrogens is 433 g/mol. The number of rotatable bonds is 3. The van der Waals surface area contributed by atoms with E-state index in [0.717, 1.165) is 0 Å². The van der Waals surface area contributed by atoms with Crippen molar-refractivity contribution in [3.63, 3.8) is 0 Å². The number of hydrogen-bond acceptors (Lipinski definition) is 0. The summed E-state index contributed by atoms with van der Waals surface area (Å²) < 4.78 is 5.82. The van der Waals surface area contributed by atoms with Crippen LogP contribution in [0, 0.1) is 0 Å². The van der Waals surface area contributed by atoms with Crippen molar-refractivity contribution in [3.05, 3.63) is 121 Å². The van der Waals surface area contributed by atoms with Gasteiger partial charge in [-0.25, -0.2) is 0 Å². The summed E-state index contributed by atoms with van der Waals surface area (Å²) in [6.07, 6.45) is 0. The van der Waals surface area contributed by atoms with E-state index in [1.807, 2.05) is 18.2 Å². The van der Waals surface area contributed by atoms with E-state index in [2.05, 4.69) is 120 Å². The first-order valence-corrected chi connectivity index (χ1v) is 12.8. The van der Waals surface area contributed by atoms with Crippen molar-refractivity contribution >= 4 is 48.4 Å². The molecule has 0 aliphatic rings. The summed E-state index contributed by atoms with van der Waals surface area (Å²) in [5, 5.41) is 0. The zero-order valence-corrected chi connectivity index (χ0v) is 18.7. The molecule has 4 aromatic carbocycles. The van der Waals surface area contributed by atoms with E-state index >= 15 is 0 Å². The second-order valence-electron chi connectivity index (χ2n) is 5.84. The summed E-state index contributed by atoms with van der Waals surface area (Å²) in [4.78, 5) is 0. The van der Waals surface area contributed by atoms with Crippen molar-refractivity contribution in [1.29, 1.82) is 0 Å². The molecule has 0 heterocycles. The number of hydrogen-bond donors (Lipinski definition) is 0. The Balaban J connectivity index is 0.000000236. The molecule has 0 unspecified atom stereocenters. The van der Waals surface area contributed by atoms with E-state index < -0.39 is 14.3 Å². The molecule has 0 N–H and O–H groups in total. The standard InChI is InChI=1S/C18H15Ge.C6H5Ge/c1-4-10-16(11-5-1)19(17-12-6-2-7-13-17)18-14-8-3-9-15-18;7-6-4-2-1-3-5-6/h1-15H;1-5H. The molecule has 124 valence electrons. The van der Waals surface area contributed by atoms with Gasteiger partial charge in [-0.1, -0.05) is 0 Å². The van der Waals surface area contributed by atoms with Crippen molar-refractivity contribution in [3.8, 4) is 0 Å². The summed E-state index contributed by atoms with van der Waals surface area (Å²) in [6.45, 7) is 0. The van der Waals surface area contributed by atoms with Gasteiger partial charge < -0.3 is 0 Å². The van der Waals surface area contributed by atoms with Gasteiger partial charge in [-0.05, 0) is 0 Å². The minimum absolute atomic E-state index is 1.32. The third kappa shape index (κ3) is 5.48. The molecule has 0 aliphatic carbocycles. The van der Waals surface area contributed by atoms with Crippen LogP contribution in [-0.4, -0.2) is 30.9 Å². The molecule has 4 rings (SSSR count). The first kappa shape index (κ1) is 18.7. The monoisotopic (exact) mass is 456 g/mol. The van der Waals surface area contributed by atoms with Crippen LogP contribution in [0.5, 0.6) is 0 Å². The predicted molar refractivity (Wildman–Crippen MR) is 116 cm³/mol. The van der Waals surface area contributed by atoms with Gasteiger partial charge in [0.1, 0.15) is 0 Å². The second kappa shape index (κ2) is 10.2. The summed E-state index contributed by atoms with van der Waals surface area (Å²) in [5.74, 6) is 0. The van der Waals surface area contributed by atoms with Gasteiger partial charge in [0.2, 0.25) is 0 Å². The van der Waals surface area contributed by atoms with Crippen molar-refractivity contribution in [1.82, 2.24) is 0 Å². The molecule has 0 aromatic heterocycles. The summed E-state index contributed by atoms with van der Waals surface area (Å²) >= 11 is 0.451. The Hall–Kier alpha value is -2.03. The Morgan fingerprint density at radius 1 is 0.385 bits per heavy atom. The van der Waals surface area contributed by atoms with Gasteiger partial charge in [-0.2, -0.15) is 0 Å². The van der Waals surface area contributed by atoms with Crippen LogP contribution in [0.15, 0.2) is 121 Å². The summed E-state index contributed by atoms with van der Waals surface area (Å²) in [6, 6.07) is 43.1. The van der Waals surface area contributed by atoms with Crippen molar-refractivity contribution in [2.24, 2.45) is 0 Å². The van der Waals surface area contributed by atoms with Gasteiger partial charge in [0.15, 0.2) is 0 Å². The van der Waals surface area contributed by atoms with Gasteiger partial charge in [-0.15, -0.1) is 0 Å². The molecule has 0 bridgehead atoms. The molecule has 4 radical (unpaired) electrons. The van der Waals surface area contributed by atoms with E-state index in [0.29, 0.717) is 0 Å². The molecule has 0 saturated heterocycles. The van der Waals surface area contributed by atoms with Gasteiger partial charge >= 0.3 is 170 Å². The second-order valence-corrected chi connectivity index (χ2v) is 12.3. The molecule has 0 saturated carbocycles. The minimum atomic E-state index is -1.63. The first-order valence-electron chi connectivity index (χ1n) is 8.64. The fraction of sp³-hybridized carbons (Fsp3) is 0. The Bertz CT molecular complexity index is 782. The van der Waals surface area contributed by atoms with Gasteiger partial charge in [-0.3, -0.25) is 0 Å². The van der Waals surface area contributed by atoms with Crippen LogP contribution >= 0.6 is 0 Å². The summed E-state index contributed by atoms with van der Waals surface area (Å²) in [7, 11) is 0. The molecular formula is C24H20Ge2. The van der Waals surface area contributed by atoms with Crippen LogP contribution in [0.4, 0.5) is 0 Å². The SMILES string of the molecule is [Ge][c]1ccccc1.c1cc[c]([Ge]([c]2ccccc2)[c]2ccccc2)cc1. The molecule has 0 amide bonds. The third-order valence-corrected chi connectivity index (χ3v) is 10.4. The van der Waals surface area contributed by atoms with Crippen molar-refractivity contribution in [2.75, 3.05) is 0 Å². The van der Waals surface area contributed by atoms with Crippen LogP contribution in [0.3, 0.4) is 0 Å². The topological polar surface area (TPSA) is 0 Å². The molecule has 2 heteroatoms. The fourth-order valence-corrected chi connectivity index (χ4v) is 8.56. The van der Waals surface area contributed by atoms with E-state index in [9.17, 15) is 0 Å².